The molecular formula is C13H23N3OS. The minimum absolute atomic E-state index is 0.0360. The van der Waals surface area contributed by atoms with Gasteiger partial charge in [-0.3, -0.25) is 9.69 Å². The predicted octanol–water partition coefficient (Wildman–Crippen LogP) is 2.90. The second-order valence-electron chi connectivity index (χ2n) is 4.47. The number of nitrogens with zero attached hydrogens (tertiary/aromatic N) is 2. The van der Waals surface area contributed by atoms with Crippen molar-refractivity contribution in [3.8, 4) is 0 Å². The van der Waals surface area contributed by atoms with Gasteiger partial charge in [-0.05, 0) is 32.9 Å². The summed E-state index contributed by atoms with van der Waals surface area (Å²) in [6.45, 7) is 8.67. The molecule has 0 aromatic carbocycles. The lowest BCUT2D eigenvalue weighted by molar-refractivity contribution is -0.117. The number of amides is 1. The molecule has 1 aromatic heterocycles. The predicted molar refractivity (Wildman–Crippen MR) is 77.1 cm³/mol. The number of carbonyl (C=O) groups is 1. The van der Waals surface area contributed by atoms with Gasteiger partial charge < -0.3 is 5.32 Å². The lowest BCUT2D eigenvalue weighted by atomic mass is 10.3. The van der Waals surface area contributed by atoms with E-state index in [4.69, 9.17) is 0 Å². The summed E-state index contributed by atoms with van der Waals surface area (Å²) < 4.78 is 0. The second-order valence-corrected chi connectivity index (χ2v) is 5.33. The van der Waals surface area contributed by atoms with E-state index < -0.39 is 0 Å². The summed E-state index contributed by atoms with van der Waals surface area (Å²) in [5.41, 5.74) is 0.951. The van der Waals surface area contributed by atoms with E-state index in [0.717, 1.165) is 38.0 Å². The number of aromatic nitrogens is 1. The highest BCUT2D eigenvalue weighted by molar-refractivity contribution is 7.13. The Hall–Kier alpha value is -0.940. The van der Waals surface area contributed by atoms with Gasteiger partial charge in [0.15, 0.2) is 5.13 Å². The summed E-state index contributed by atoms with van der Waals surface area (Å²) in [6, 6.07) is 0. The minimum Gasteiger partial charge on any atom is -0.301 e. The summed E-state index contributed by atoms with van der Waals surface area (Å²) in [5.74, 6) is 0.0360. The van der Waals surface area contributed by atoms with Gasteiger partial charge in [-0.2, -0.15) is 0 Å². The lowest BCUT2D eigenvalue weighted by Crippen LogP contribution is -2.34. The largest absolute Gasteiger partial charge is 0.301 e. The van der Waals surface area contributed by atoms with Crippen LogP contribution in [0.1, 0.15) is 38.8 Å². The van der Waals surface area contributed by atoms with Crippen molar-refractivity contribution in [3.05, 3.63) is 11.1 Å². The van der Waals surface area contributed by atoms with Crippen LogP contribution in [0.2, 0.25) is 0 Å². The first-order chi connectivity index (χ1) is 8.65. The van der Waals surface area contributed by atoms with Crippen LogP contribution < -0.4 is 5.32 Å². The van der Waals surface area contributed by atoms with Crippen molar-refractivity contribution < 1.29 is 4.79 Å². The number of nitrogens with one attached hydrogen (secondary N) is 1. The lowest BCUT2D eigenvalue weighted by Gasteiger charge is -2.20. The summed E-state index contributed by atoms with van der Waals surface area (Å²) in [6.07, 6.45) is 3.38. The number of rotatable bonds is 8. The Kier molecular flexibility index (Phi) is 6.90. The molecule has 1 N–H and O–H groups in total. The molecular weight excluding hydrogens is 246 g/mol. The molecule has 1 aromatic rings. The highest BCUT2D eigenvalue weighted by atomic mass is 32.1. The highest BCUT2D eigenvalue weighted by Crippen LogP contribution is 2.14. The molecule has 5 heteroatoms. The molecule has 0 aliphatic carbocycles. The van der Waals surface area contributed by atoms with E-state index in [1.54, 1.807) is 0 Å². The SMILES string of the molecule is CCCCN(CCC)CC(=O)Nc1nc(C)cs1. The average molecular weight is 269 g/mol. The van der Waals surface area contributed by atoms with Gasteiger partial charge in [-0.25, -0.2) is 4.98 Å². The normalized spacial score (nSPS) is 10.9. The maximum Gasteiger partial charge on any atom is 0.240 e. The second kappa shape index (κ2) is 8.21. The fraction of sp³-hybridized carbons (Fsp3) is 0.692. The monoisotopic (exact) mass is 269 g/mol. The average Bonchev–Trinajstić information content (AvgIpc) is 2.71. The molecule has 1 heterocycles. The maximum absolute atomic E-state index is 11.9. The van der Waals surface area contributed by atoms with Crippen molar-refractivity contribution >= 4 is 22.4 Å². The van der Waals surface area contributed by atoms with E-state index in [2.05, 4.69) is 29.0 Å². The van der Waals surface area contributed by atoms with Crippen LogP contribution in [-0.4, -0.2) is 35.4 Å². The first-order valence-corrected chi connectivity index (χ1v) is 7.48. The van der Waals surface area contributed by atoms with Crippen LogP contribution in [0.5, 0.6) is 0 Å². The molecule has 0 radical (unpaired) electrons. The standard InChI is InChI=1S/C13H23N3OS/c1-4-6-8-16(7-5-2)9-12(17)15-13-14-11(3)10-18-13/h10H,4-9H2,1-3H3,(H,14,15,17). The summed E-state index contributed by atoms with van der Waals surface area (Å²) in [5, 5.41) is 5.49. The first kappa shape index (κ1) is 15.1. The first-order valence-electron chi connectivity index (χ1n) is 6.60. The van der Waals surface area contributed by atoms with Gasteiger partial charge in [-0.15, -0.1) is 11.3 Å². The van der Waals surface area contributed by atoms with E-state index in [0.29, 0.717) is 11.7 Å². The van der Waals surface area contributed by atoms with Crippen LogP contribution in [0.4, 0.5) is 5.13 Å². The van der Waals surface area contributed by atoms with Crippen molar-refractivity contribution in [2.45, 2.75) is 40.0 Å². The molecule has 102 valence electrons. The molecule has 1 rings (SSSR count). The van der Waals surface area contributed by atoms with Crippen molar-refractivity contribution in [1.82, 2.24) is 9.88 Å². The van der Waals surface area contributed by atoms with Crippen LogP contribution in [0, 0.1) is 6.92 Å². The molecule has 0 fully saturated rings. The zero-order valence-corrected chi connectivity index (χ0v) is 12.3. The molecule has 0 saturated carbocycles. The fourth-order valence-electron chi connectivity index (χ4n) is 1.74. The molecule has 4 nitrogen and oxygen atoms in total. The highest BCUT2D eigenvalue weighted by Gasteiger charge is 2.10. The third kappa shape index (κ3) is 5.60. The van der Waals surface area contributed by atoms with Gasteiger partial charge in [0.2, 0.25) is 5.91 Å². The molecule has 0 bridgehead atoms. The molecule has 0 spiro atoms. The van der Waals surface area contributed by atoms with Crippen LogP contribution in [0.25, 0.3) is 0 Å². The Bertz CT molecular complexity index is 365. The third-order valence-electron chi connectivity index (χ3n) is 2.60. The number of aryl methyl sites for hydroxylation is 1. The van der Waals surface area contributed by atoms with Gasteiger partial charge in [0.25, 0.3) is 0 Å². The summed E-state index contributed by atoms with van der Waals surface area (Å²) >= 11 is 1.47. The van der Waals surface area contributed by atoms with Gasteiger partial charge in [0.05, 0.1) is 12.2 Å². The van der Waals surface area contributed by atoms with Crippen LogP contribution in [0.15, 0.2) is 5.38 Å². The fourth-order valence-corrected chi connectivity index (χ4v) is 2.45. The van der Waals surface area contributed by atoms with Crippen molar-refractivity contribution in [3.63, 3.8) is 0 Å². The molecule has 0 unspecified atom stereocenters. The number of hydrogen-bond acceptors (Lipinski definition) is 4. The molecule has 0 saturated heterocycles. The van der Waals surface area contributed by atoms with E-state index in [1.165, 1.54) is 11.3 Å². The number of carbonyl (C=O) groups excluding carboxylic acids is 1. The van der Waals surface area contributed by atoms with Gasteiger partial charge in [0.1, 0.15) is 0 Å². The zero-order chi connectivity index (χ0) is 13.4. The van der Waals surface area contributed by atoms with Crippen molar-refractivity contribution in [2.75, 3.05) is 25.0 Å². The third-order valence-corrected chi connectivity index (χ3v) is 3.48. The topological polar surface area (TPSA) is 45.2 Å². The van der Waals surface area contributed by atoms with Crippen molar-refractivity contribution in [2.24, 2.45) is 0 Å². The Morgan fingerprint density at radius 2 is 2.17 bits per heavy atom. The van der Waals surface area contributed by atoms with Crippen molar-refractivity contribution in [1.29, 1.82) is 0 Å². The zero-order valence-electron chi connectivity index (χ0n) is 11.5. The van der Waals surface area contributed by atoms with E-state index >= 15 is 0 Å². The number of unbranched alkanes of at least 4 members (excludes halogenated alkanes) is 1. The van der Waals surface area contributed by atoms with Crippen LogP contribution in [-0.2, 0) is 4.79 Å². The van der Waals surface area contributed by atoms with E-state index in [9.17, 15) is 4.79 Å². The van der Waals surface area contributed by atoms with Gasteiger partial charge >= 0.3 is 0 Å². The number of anilines is 1. The maximum atomic E-state index is 11.9. The van der Waals surface area contributed by atoms with E-state index in [1.807, 2.05) is 12.3 Å². The molecule has 0 atom stereocenters. The quantitative estimate of drug-likeness (QED) is 0.789. The minimum atomic E-state index is 0.0360. The molecule has 1 amide bonds. The number of hydrogen-bond donors (Lipinski definition) is 1. The van der Waals surface area contributed by atoms with E-state index in [-0.39, 0.29) is 5.91 Å². The Balaban J connectivity index is 2.40. The Labute approximate surface area is 113 Å². The summed E-state index contributed by atoms with van der Waals surface area (Å²) in [4.78, 5) is 18.3. The molecule has 18 heavy (non-hydrogen) atoms. The molecule has 0 aliphatic heterocycles. The van der Waals surface area contributed by atoms with Gasteiger partial charge in [0, 0.05) is 5.38 Å². The Morgan fingerprint density at radius 3 is 2.72 bits per heavy atom. The number of thiazole rings is 1. The van der Waals surface area contributed by atoms with Gasteiger partial charge in [-0.1, -0.05) is 20.3 Å². The Morgan fingerprint density at radius 1 is 1.39 bits per heavy atom. The van der Waals surface area contributed by atoms with Crippen LogP contribution >= 0.6 is 11.3 Å². The van der Waals surface area contributed by atoms with Crippen LogP contribution in [0.3, 0.4) is 0 Å². The molecule has 0 aliphatic rings. The smallest absolute Gasteiger partial charge is 0.240 e. The summed E-state index contributed by atoms with van der Waals surface area (Å²) in [7, 11) is 0.